The molecule has 0 heterocycles. The van der Waals surface area contributed by atoms with E-state index in [1.807, 2.05) is 19.1 Å². The summed E-state index contributed by atoms with van der Waals surface area (Å²) in [7, 11) is -4.06. The van der Waals surface area contributed by atoms with Gasteiger partial charge in [-0.15, -0.1) is 0 Å². The van der Waals surface area contributed by atoms with Gasteiger partial charge in [0.1, 0.15) is 0 Å². The summed E-state index contributed by atoms with van der Waals surface area (Å²) in [6.45, 7) is 1.87. The van der Waals surface area contributed by atoms with E-state index in [1.54, 1.807) is 12.1 Å². The minimum atomic E-state index is -4.06. The van der Waals surface area contributed by atoms with E-state index in [0.717, 1.165) is 5.56 Å². The molecule has 1 aromatic rings. The third-order valence-electron chi connectivity index (χ3n) is 1.54. The fraction of sp³-hybridized carbons (Fsp3) is 0.111. The summed E-state index contributed by atoms with van der Waals surface area (Å²) in [6, 6.07) is 5.99. The third-order valence-corrected chi connectivity index (χ3v) is 2.40. The second-order valence-electron chi connectivity index (χ2n) is 2.54. The zero-order valence-electron chi connectivity index (χ0n) is 7.14. The van der Waals surface area contributed by atoms with E-state index in [1.165, 1.54) is 12.1 Å². The van der Waals surface area contributed by atoms with Crippen LogP contribution in [0.15, 0.2) is 35.2 Å². The lowest BCUT2D eigenvalue weighted by Crippen LogP contribution is -1.96. The van der Waals surface area contributed by atoms with Crippen LogP contribution >= 0.6 is 0 Å². The van der Waals surface area contributed by atoms with E-state index in [4.69, 9.17) is 4.55 Å². The Bertz CT molecular complexity index is 401. The first-order chi connectivity index (χ1) is 6.04. The minimum absolute atomic E-state index is 0.0826. The molecule has 0 amide bonds. The highest BCUT2D eigenvalue weighted by atomic mass is 32.2. The third kappa shape index (κ3) is 2.68. The quantitative estimate of drug-likeness (QED) is 0.739. The van der Waals surface area contributed by atoms with Crippen molar-refractivity contribution in [2.75, 3.05) is 0 Å². The molecule has 0 saturated carbocycles. The van der Waals surface area contributed by atoms with Crippen molar-refractivity contribution in [2.24, 2.45) is 0 Å². The average molecular weight is 198 g/mol. The van der Waals surface area contributed by atoms with Crippen molar-refractivity contribution in [3.8, 4) is 0 Å². The van der Waals surface area contributed by atoms with Crippen LogP contribution in [0, 0.1) is 0 Å². The summed E-state index contributed by atoms with van der Waals surface area (Å²) in [5.74, 6) is 0. The summed E-state index contributed by atoms with van der Waals surface area (Å²) >= 11 is 0. The van der Waals surface area contributed by atoms with Gasteiger partial charge in [0.25, 0.3) is 10.1 Å². The summed E-state index contributed by atoms with van der Waals surface area (Å²) in [4.78, 5) is -0.0826. The molecule has 0 atom stereocenters. The van der Waals surface area contributed by atoms with Crippen molar-refractivity contribution >= 4 is 16.2 Å². The van der Waals surface area contributed by atoms with Crippen LogP contribution in [-0.4, -0.2) is 13.0 Å². The van der Waals surface area contributed by atoms with E-state index >= 15 is 0 Å². The lowest BCUT2D eigenvalue weighted by atomic mass is 10.2. The second-order valence-corrected chi connectivity index (χ2v) is 3.97. The molecule has 0 unspecified atom stereocenters. The second kappa shape index (κ2) is 3.72. The fourth-order valence-corrected chi connectivity index (χ4v) is 1.42. The average Bonchev–Trinajstić information content (AvgIpc) is 2.04. The van der Waals surface area contributed by atoms with Crippen molar-refractivity contribution in [3.05, 3.63) is 35.9 Å². The largest absolute Gasteiger partial charge is 0.294 e. The molecule has 70 valence electrons. The Morgan fingerprint density at radius 2 is 1.77 bits per heavy atom. The molecule has 1 rings (SSSR count). The van der Waals surface area contributed by atoms with Crippen LogP contribution in [0.5, 0.6) is 0 Å². The maximum atomic E-state index is 10.6. The Labute approximate surface area is 77.5 Å². The molecular weight excluding hydrogens is 188 g/mol. The molecule has 13 heavy (non-hydrogen) atoms. The van der Waals surface area contributed by atoms with Gasteiger partial charge in [-0.3, -0.25) is 4.55 Å². The van der Waals surface area contributed by atoms with Gasteiger partial charge in [0.2, 0.25) is 0 Å². The SMILES string of the molecule is C/C=C\c1ccc(S(=O)(=O)O)cc1. The van der Waals surface area contributed by atoms with Crippen LogP contribution in [0.4, 0.5) is 0 Å². The molecule has 0 saturated heterocycles. The van der Waals surface area contributed by atoms with Crippen molar-refractivity contribution in [1.29, 1.82) is 0 Å². The lowest BCUT2D eigenvalue weighted by Gasteiger charge is -1.96. The van der Waals surface area contributed by atoms with E-state index in [0.29, 0.717) is 0 Å². The molecule has 0 radical (unpaired) electrons. The molecule has 4 heteroatoms. The molecule has 0 aliphatic heterocycles. The van der Waals surface area contributed by atoms with Crippen molar-refractivity contribution in [3.63, 3.8) is 0 Å². The lowest BCUT2D eigenvalue weighted by molar-refractivity contribution is 0.483. The van der Waals surface area contributed by atoms with Crippen LogP contribution in [0.3, 0.4) is 0 Å². The first-order valence-corrected chi connectivity index (χ1v) is 5.18. The van der Waals surface area contributed by atoms with Crippen LogP contribution in [-0.2, 0) is 10.1 Å². The van der Waals surface area contributed by atoms with Gasteiger partial charge in [0.05, 0.1) is 4.90 Å². The predicted octanol–water partition coefficient (Wildman–Crippen LogP) is 1.97. The molecule has 0 fully saturated rings. The molecule has 1 aromatic carbocycles. The predicted molar refractivity (Wildman–Crippen MR) is 51.0 cm³/mol. The molecule has 0 aromatic heterocycles. The number of hydrogen-bond donors (Lipinski definition) is 1. The van der Waals surface area contributed by atoms with Crippen molar-refractivity contribution < 1.29 is 13.0 Å². The van der Waals surface area contributed by atoms with E-state index < -0.39 is 10.1 Å². The number of benzene rings is 1. The Morgan fingerprint density at radius 3 is 2.15 bits per heavy atom. The Balaban J connectivity index is 3.08. The number of hydrogen-bond acceptors (Lipinski definition) is 2. The van der Waals surface area contributed by atoms with Crippen LogP contribution in [0.25, 0.3) is 6.08 Å². The van der Waals surface area contributed by atoms with Gasteiger partial charge in [-0.25, -0.2) is 0 Å². The van der Waals surface area contributed by atoms with Gasteiger partial charge >= 0.3 is 0 Å². The number of allylic oxidation sites excluding steroid dienone is 1. The Kier molecular flexibility index (Phi) is 2.85. The normalized spacial score (nSPS) is 12.2. The van der Waals surface area contributed by atoms with Gasteiger partial charge in [-0.1, -0.05) is 24.3 Å². The molecule has 0 aliphatic carbocycles. The van der Waals surface area contributed by atoms with Crippen molar-refractivity contribution in [1.82, 2.24) is 0 Å². The van der Waals surface area contributed by atoms with E-state index in [9.17, 15) is 8.42 Å². The maximum absolute atomic E-state index is 10.6. The maximum Gasteiger partial charge on any atom is 0.294 e. The summed E-state index contributed by atoms with van der Waals surface area (Å²) in [5, 5.41) is 0. The Morgan fingerprint density at radius 1 is 1.23 bits per heavy atom. The van der Waals surface area contributed by atoms with Gasteiger partial charge in [-0.2, -0.15) is 8.42 Å². The van der Waals surface area contributed by atoms with Gasteiger partial charge < -0.3 is 0 Å². The first-order valence-electron chi connectivity index (χ1n) is 3.74. The highest BCUT2D eigenvalue weighted by Gasteiger charge is 2.07. The Hall–Kier alpha value is -1.13. The van der Waals surface area contributed by atoms with E-state index in [2.05, 4.69) is 0 Å². The smallest absolute Gasteiger partial charge is 0.282 e. The van der Waals surface area contributed by atoms with Gasteiger partial charge in [0.15, 0.2) is 0 Å². The molecule has 3 nitrogen and oxygen atoms in total. The van der Waals surface area contributed by atoms with Crippen molar-refractivity contribution in [2.45, 2.75) is 11.8 Å². The minimum Gasteiger partial charge on any atom is -0.282 e. The highest BCUT2D eigenvalue weighted by Crippen LogP contribution is 2.10. The molecule has 0 bridgehead atoms. The molecule has 1 N–H and O–H groups in total. The monoisotopic (exact) mass is 198 g/mol. The fourth-order valence-electron chi connectivity index (χ4n) is 0.943. The van der Waals surface area contributed by atoms with Crippen LogP contribution < -0.4 is 0 Å². The summed E-state index contributed by atoms with van der Waals surface area (Å²) < 4.78 is 29.9. The molecule has 0 aliphatic rings. The topological polar surface area (TPSA) is 54.4 Å². The summed E-state index contributed by atoms with van der Waals surface area (Å²) in [5.41, 5.74) is 0.898. The van der Waals surface area contributed by atoms with E-state index in [-0.39, 0.29) is 4.90 Å². The number of rotatable bonds is 2. The van der Waals surface area contributed by atoms with Crippen LogP contribution in [0.1, 0.15) is 12.5 Å². The zero-order chi connectivity index (χ0) is 9.90. The molecule has 0 spiro atoms. The van der Waals surface area contributed by atoms with Gasteiger partial charge in [0, 0.05) is 0 Å². The van der Waals surface area contributed by atoms with Crippen LogP contribution in [0.2, 0.25) is 0 Å². The summed E-state index contributed by atoms with van der Waals surface area (Å²) in [6.07, 6.45) is 3.69. The van der Waals surface area contributed by atoms with Gasteiger partial charge in [-0.05, 0) is 24.6 Å². The molecular formula is C9H10O3S. The highest BCUT2D eigenvalue weighted by molar-refractivity contribution is 7.85. The zero-order valence-corrected chi connectivity index (χ0v) is 7.95. The first kappa shape index (κ1) is 9.95. The standard InChI is InChI=1S/C9H10O3S/c1-2-3-8-4-6-9(7-5-8)13(10,11)12/h2-7H,1H3,(H,10,11,12)/b3-2-.